The molecule has 3 amide bonds. The van der Waals surface area contributed by atoms with Gasteiger partial charge in [0, 0.05) is 24.8 Å². The monoisotopic (exact) mass is 423 g/mol. The number of rotatable bonds is 10. The Kier molecular flexibility index (Phi) is 7.82. The molecule has 0 unspecified atom stereocenters. The van der Waals surface area contributed by atoms with Gasteiger partial charge >= 0.3 is 0 Å². The summed E-state index contributed by atoms with van der Waals surface area (Å²) in [7, 11) is 0. The Labute approximate surface area is 177 Å². The molecule has 168 valence electrons. The lowest BCUT2D eigenvalue weighted by Crippen LogP contribution is -2.51. The minimum atomic E-state index is -0.752. The van der Waals surface area contributed by atoms with E-state index in [0.717, 1.165) is 6.42 Å². The van der Waals surface area contributed by atoms with Crippen molar-refractivity contribution in [3.05, 3.63) is 0 Å². The zero-order valence-corrected chi connectivity index (χ0v) is 17.7. The molecule has 3 N–H and O–H groups in total. The molecule has 3 rings (SSSR count). The Morgan fingerprint density at radius 3 is 2.70 bits per heavy atom. The van der Waals surface area contributed by atoms with E-state index in [4.69, 9.17) is 9.47 Å². The molecule has 0 spiro atoms. The Bertz CT molecular complexity index is 655. The Balaban J connectivity index is 1.54. The number of nitrogens with one attached hydrogen (secondary N) is 3. The summed E-state index contributed by atoms with van der Waals surface area (Å²) in [5, 5.41) is 8.29. The van der Waals surface area contributed by atoms with Crippen LogP contribution in [0.25, 0.3) is 0 Å². The van der Waals surface area contributed by atoms with Gasteiger partial charge in [0.25, 0.3) is 0 Å². The van der Waals surface area contributed by atoms with Gasteiger partial charge in [-0.15, -0.1) is 0 Å². The number of amides is 3. The van der Waals surface area contributed by atoms with Crippen LogP contribution < -0.4 is 16.0 Å². The van der Waals surface area contributed by atoms with E-state index in [0.29, 0.717) is 38.9 Å². The molecule has 3 heterocycles. The largest absolute Gasteiger partial charge is 0.356 e. The minimum absolute atomic E-state index is 0.0869. The summed E-state index contributed by atoms with van der Waals surface area (Å²) in [5.74, 6) is -0.460. The highest BCUT2D eigenvalue weighted by Crippen LogP contribution is 2.37. The van der Waals surface area contributed by atoms with Gasteiger partial charge in [-0.3, -0.25) is 14.4 Å². The maximum Gasteiger partial charge on any atom is 0.243 e. The quantitative estimate of drug-likeness (QED) is 0.429. The SMILES string of the molecule is CC(C)C[C@H](NC(=O)C[C@H]1CO[C@H]2OCC[C@@H]12)C(=O)N[C@H](C=O)C[C@@H]1CCNC1=O. The molecule has 0 radical (unpaired) electrons. The highest BCUT2D eigenvalue weighted by molar-refractivity contribution is 5.89. The summed E-state index contributed by atoms with van der Waals surface area (Å²) in [6.45, 7) is 5.67. The van der Waals surface area contributed by atoms with Crippen molar-refractivity contribution in [2.45, 2.75) is 64.3 Å². The first-order valence-electron chi connectivity index (χ1n) is 10.9. The molecular formula is C21H33N3O6. The lowest BCUT2D eigenvalue weighted by molar-refractivity contribution is -0.131. The summed E-state index contributed by atoms with van der Waals surface area (Å²) in [5.41, 5.74) is 0. The van der Waals surface area contributed by atoms with Crippen LogP contribution in [0.5, 0.6) is 0 Å². The van der Waals surface area contributed by atoms with Gasteiger partial charge in [-0.05, 0) is 37.5 Å². The second-order valence-corrected chi connectivity index (χ2v) is 9.00. The normalized spacial score (nSPS) is 29.9. The van der Waals surface area contributed by atoms with Crippen molar-refractivity contribution in [3.63, 3.8) is 0 Å². The van der Waals surface area contributed by atoms with Crippen LogP contribution in [-0.4, -0.2) is 62.1 Å². The highest BCUT2D eigenvalue weighted by atomic mass is 16.7. The maximum atomic E-state index is 12.8. The summed E-state index contributed by atoms with van der Waals surface area (Å²) < 4.78 is 11.1. The summed E-state index contributed by atoms with van der Waals surface area (Å²) >= 11 is 0. The van der Waals surface area contributed by atoms with Crippen molar-refractivity contribution in [2.75, 3.05) is 19.8 Å². The summed E-state index contributed by atoms with van der Waals surface area (Å²) in [6.07, 6.45) is 3.00. The fourth-order valence-corrected chi connectivity index (χ4v) is 4.56. The van der Waals surface area contributed by atoms with Crippen molar-refractivity contribution in [1.29, 1.82) is 0 Å². The molecule has 0 aromatic rings. The molecule has 9 nitrogen and oxygen atoms in total. The molecule has 0 saturated carbocycles. The van der Waals surface area contributed by atoms with Gasteiger partial charge in [0.05, 0.1) is 19.3 Å². The molecular weight excluding hydrogens is 390 g/mol. The second kappa shape index (κ2) is 10.3. The van der Waals surface area contributed by atoms with E-state index >= 15 is 0 Å². The summed E-state index contributed by atoms with van der Waals surface area (Å²) in [4.78, 5) is 48.7. The minimum Gasteiger partial charge on any atom is -0.356 e. The molecule has 3 aliphatic rings. The van der Waals surface area contributed by atoms with Crippen LogP contribution in [0, 0.1) is 23.7 Å². The van der Waals surface area contributed by atoms with Crippen LogP contribution in [-0.2, 0) is 28.7 Å². The molecule has 3 saturated heterocycles. The Morgan fingerprint density at radius 2 is 2.03 bits per heavy atom. The zero-order chi connectivity index (χ0) is 21.7. The number of fused-ring (bicyclic) bond motifs is 1. The standard InChI is InChI=1S/C21H33N3O6/c1-12(2)7-17(20(28)23-15(10-25)8-13-3-5-22-19(13)27)24-18(26)9-14-11-30-21-16(14)4-6-29-21/h10,12-17,21H,3-9,11H2,1-2H3,(H,22,27)(H,23,28)(H,24,26)/t13-,14-,15-,16-,17-,21+/m0/s1. The third-order valence-corrected chi connectivity index (χ3v) is 6.16. The van der Waals surface area contributed by atoms with Crippen molar-refractivity contribution in [1.82, 2.24) is 16.0 Å². The van der Waals surface area contributed by atoms with Crippen LogP contribution >= 0.6 is 0 Å². The second-order valence-electron chi connectivity index (χ2n) is 9.00. The van der Waals surface area contributed by atoms with Crippen LogP contribution in [0.3, 0.4) is 0 Å². The lowest BCUT2D eigenvalue weighted by atomic mass is 9.90. The van der Waals surface area contributed by atoms with Crippen molar-refractivity contribution in [3.8, 4) is 0 Å². The van der Waals surface area contributed by atoms with Crippen molar-refractivity contribution >= 4 is 24.0 Å². The maximum absolute atomic E-state index is 12.8. The Morgan fingerprint density at radius 1 is 1.23 bits per heavy atom. The van der Waals surface area contributed by atoms with Crippen LogP contribution in [0.1, 0.15) is 46.0 Å². The van der Waals surface area contributed by atoms with Crippen LogP contribution in [0.4, 0.5) is 0 Å². The molecule has 0 aliphatic carbocycles. The van der Waals surface area contributed by atoms with Gasteiger partial charge in [-0.2, -0.15) is 0 Å². The first kappa shape index (κ1) is 22.7. The van der Waals surface area contributed by atoms with Crippen molar-refractivity contribution < 1.29 is 28.7 Å². The summed E-state index contributed by atoms with van der Waals surface area (Å²) in [6, 6.07) is -1.48. The lowest BCUT2D eigenvalue weighted by Gasteiger charge is -2.24. The van der Waals surface area contributed by atoms with E-state index in [2.05, 4.69) is 16.0 Å². The number of hydrogen-bond donors (Lipinski definition) is 3. The number of hydrogen-bond acceptors (Lipinski definition) is 6. The average molecular weight is 424 g/mol. The third-order valence-electron chi connectivity index (χ3n) is 6.16. The van der Waals surface area contributed by atoms with Crippen LogP contribution in [0.15, 0.2) is 0 Å². The third kappa shape index (κ3) is 5.78. The van der Waals surface area contributed by atoms with Crippen molar-refractivity contribution in [2.24, 2.45) is 23.7 Å². The van der Waals surface area contributed by atoms with E-state index in [-0.39, 0.29) is 54.6 Å². The first-order valence-corrected chi connectivity index (χ1v) is 10.9. The topological polar surface area (TPSA) is 123 Å². The van der Waals surface area contributed by atoms with E-state index in [1.165, 1.54) is 0 Å². The fourth-order valence-electron chi connectivity index (χ4n) is 4.56. The van der Waals surface area contributed by atoms with E-state index < -0.39 is 18.0 Å². The van der Waals surface area contributed by atoms with Gasteiger partial charge in [0.15, 0.2) is 6.29 Å². The highest BCUT2D eigenvalue weighted by Gasteiger charge is 2.42. The van der Waals surface area contributed by atoms with E-state index in [9.17, 15) is 19.2 Å². The molecule has 0 bridgehead atoms. The predicted molar refractivity (Wildman–Crippen MR) is 107 cm³/mol. The number of ether oxygens (including phenoxy) is 2. The smallest absolute Gasteiger partial charge is 0.243 e. The van der Waals surface area contributed by atoms with Crippen LogP contribution in [0.2, 0.25) is 0 Å². The number of carbonyl (C=O) groups is 4. The molecule has 0 aromatic carbocycles. The number of carbonyl (C=O) groups excluding carboxylic acids is 4. The fraction of sp³-hybridized carbons (Fsp3) is 0.810. The molecule has 30 heavy (non-hydrogen) atoms. The predicted octanol–water partition coefficient (Wildman–Crippen LogP) is 0.126. The zero-order valence-electron chi connectivity index (χ0n) is 17.7. The first-order chi connectivity index (χ1) is 14.4. The van der Waals surface area contributed by atoms with Gasteiger partial charge in [0.2, 0.25) is 17.7 Å². The van der Waals surface area contributed by atoms with Gasteiger partial charge < -0.3 is 30.2 Å². The molecule has 6 atom stereocenters. The van der Waals surface area contributed by atoms with Gasteiger partial charge in [-0.1, -0.05) is 13.8 Å². The molecule has 3 aliphatic heterocycles. The van der Waals surface area contributed by atoms with E-state index in [1.807, 2.05) is 13.8 Å². The van der Waals surface area contributed by atoms with Gasteiger partial charge in [0.1, 0.15) is 12.3 Å². The van der Waals surface area contributed by atoms with Gasteiger partial charge in [-0.25, -0.2) is 0 Å². The average Bonchev–Trinajstić information content (AvgIpc) is 3.40. The Hall–Kier alpha value is -2.00. The molecule has 0 aromatic heterocycles. The number of aldehydes is 1. The molecule has 3 fully saturated rings. The molecule has 9 heteroatoms. The van der Waals surface area contributed by atoms with E-state index in [1.54, 1.807) is 0 Å².